The lowest BCUT2D eigenvalue weighted by Gasteiger charge is -2.21. The van der Waals surface area contributed by atoms with E-state index in [1.54, 1.807) is 0 Å². The molecule has 0 saturated carbocycles. The summed E-state index contributed by atoms with van der Waals surface area (Å²) in [6.45, 7) is 2.78. The maximum absolute atomic E-state index is 13.0. The first-order valence-corrected chi connectivity index (χ1v) is 8.72. The molecule has 0 bridgehead atoms. The predicted molar refractivity (Wildman–Crippen MR) is 91.2 cm³/mol. The minimum atomic E-state index is -0.910. The maximum atomic E-state index is 13.0. The molecule has 1 amide bonds. The van der Waals surface area contributed by atoms with Crippen LogP contribution in [0.25, 0.3) is 10.9 Å². The molecule has 5 heteroatoms. The molecule has 1 aliphatic carbocycles. The van der Waals surface area contributed by atoms with Crippen molar-refractivity contribution in [1.29, 1.82) is 0 Å². The van der Waals surface area contributed by atoms with Gasteiger partial charge < -0.3 is 15.0 Å². The van der Waals surface area contributed by atoms with Gasteiger partial charge in [-0.2, -0.15) is 0 Å². The van der Waals surface area contributed by atoms with Gasteiger partial charge in [-0.3, -0.25) is 4.79 Å². The first-order valence-electron chi connectivity index (χ1n) is 8.72. The molecule has 2 aliphatic rings. The molecule has 1 aromatic carbocycles. The second-order valence-electron chi connectivity index (χ2n) is 7.15. The third-order valence-electron chi connectivity index (χ3n) is 5.50. The molecule has 0 spiro atoms. The summed E-state index contributed by atoms with van der Waals surface area (Å²) >= 11 is 0. The molecular weight excluding hydrogens is 304 g/mol. The number of H-pyrrole nitrogens is 1. The van der Waals surface area contributed by atoms with Crippen molar-refractivity contribution in [3.63, 3.8) is 0 Å². The third kappa shape index (κ3) is 2.30. The third-order valence-corrected chi connectivity index (χ3v) is 5.50. The molecule has 2 N–H and O–H groups in total. The minimum absolute atomic E-state index is 0.169. The average Bonchev–Trinajstić information content (AvgIpc) is 3.18. The largest absolute Gasteiger partial charge is 0.480 e. The summed E-state index contributed by atoms with van der Waals surface area (Å²) in [4.78, 5) is 29.4. The number of carboxylic acid groups (broad SMARTS) is 1. The van der Waals surface area contributed by atoms with E-state index in [2.05, 4.69) is 18.0 Å². The highest BCUT2D eigenvalue weighted by atomic mass is 16.4. The van der Waals surface area contributed by atoms with Gasteiger partial charge in [0.15, 0.2) is 0 Å². The van der Waals surface area contributed by atoms with Crippen LogP contribution in [-0.2, 0) is 17.6 Å². The number of benzene rings is 1. The number of aromatic amines is 1. The zero-order valence-corrected chi connectivity index (χ0v) is 13.8. The van der Waals surface area contributed by atoms with E-state index in [4.69, 9.17) is 0 Å². The normalized spacial score (nSPS) is 23.5. The number of hydrogen-bond acceptors (Lipinski definition) is 2. The van der Waals surface area contributed by atoms with Crippen molar-refractivity contribution in [3.05, 3.63) is 35.0 Å². The number of amides is 1. The van der Waals surface area contributed by atoms with Crippen LogP contribution in [0.1, 0.15) is 47.8 Å². The number of fused-ring (bicyclic) bond motifs is 3. The van der Waals surface area contributed by atoms with Gasteiger partial charge in [0.25, 0.3) is 5.91 Å². The van der Waals surface area contributed by atoms with Gasteiger partial charge in [-0.15, -0.1) is 0 Å². The minimum Gasteiger partial charge on any atom is -0.480 e. The quantitative estimate of drug-likeness (QED) is 0.891. The van der Waals surface area contributed by atoms with E-state index in [-0.39, 0.29) is 5.91 Å². The zero-order chi connectivity index (χ0) is 16.8. The van der Waals surface area contributed by atoms with Crippen molar-refractivity contribution in [1.82, 2.24) is 9.88 Å². The number of hydrogen-bond donors (Lipinski definition) is 2. The summed E-state index contributed by atoms with van der Waals surface area (Å²) in [5.41, 5.74) is 4.04. The van der Waals surface area contributed by atoms with Gasteiger partial charge in [0, 0.05) is 17.6 Å². The highest BCUT2D eigenvalue weighted by Gasteiger charge is 2.35. The van der Waals surface area contributed by atoms with Crippen LogP contribution in [0.2, 0.25) is 0 Å². The van der Waals surface area contributed by atoms with Crippen LogP contribution in [0.3, 0.4) is 0 Å². The molecule has 5 nitrogen and oxygen atoms in total. The van der Waals surface area contributed by atoms with Crippen LogP contribution >= 0.6 is 0 Å². The summed E-state index contributed by atoms with van der Waals surface area (Å²) in [6.07, 6.45) is 4.50. The molecule has 1 aliphatic heterocycles. The van der Waals surface area contributed by atoms with Gasteiger partial charge in [-0.05, 0) is 49.7 Å². The van der Waals surface area contributed by atoms with Crippen molar-refractivity contribution in [2.45, 2.75) is 45.1 Å². The predicted octanol–water partition coefficient (Wildman–Crippen LogP) is 2.98. The van der Waals surface area contributed by atoms with Crippen molar-refractivity contribution in [2.75, 3.05) is 6.54 Å². The van der Waals surface area contributed by atoms with E-state index < -0.39 is 12.0 Å². The van der Waals surface area contributed by atoms with Crippen molar-refractivity contribution < 1.29 is 14.7 Å². The van der Waals surface area contributed by atoms with Crippen molar-refractivity contribution in [2.24, 2.45) is 5.92 Å². The van der Waals surface area contributed by atoms with Gasteiger partial charge in [-0.1, -0.05) is 19.1 Å². The maximum Gasteiger partial charge on any atom is 0.326 e. The first-order chi connectivity index (χ1) is 11.6. The fourth-order valence-corrected chi connectivity index (χ4v) is 4.21. The Morgan fingerprint density at radius 3 is 2.92 bits per heavy atom. The molecule has 4 rings (SSSR count). The Kier molecular flexibility index (Phi) is 3.59. The summed E-state index contributed by atoms with van der Waals surface area (Å²) in [6, 6.07) is 5.10. The number of aromatic nitrogens is 1. The molecular formula is C19H22N2O3. The second kappa shape index (κ2) is 5.65. The van der Waals surface area contributed by atoms with E-state index in [1.165, 1.54) is 16.2 Å². The van der Waals surface area contributed by atoms with E-state index in [0.717, 1.165) is 36.6 Å². The number of rotatable bonds is 2. The number of carbonyl (C=O) groups excluding carboxylic acids is 1. The zero-order valence-electron chi connectivity index (χ0n) is 13.8. The number of aliphatic carboxylic acids is 1. The second-order valence-corrected chi connectivity index (χ2v) is 7.15. The van der Waals surface area contributed by atoms with Crippen LogP contribution in [0.5, 0.6) is 0 Å². The van der Waals surface area contributed by atoms with Crippen LogP contribution in [0.4, 0.5) is 0 Å². The van der Waals surface area contributed by atoms with Crippen LogP contribution < -0.4 is 0 Å². The molecule has 2 atom stereocenters. The summed E-state index contributed by atoms with van der Waals surface area (Å²) in [5, 5.41) is 10.5. The number of likely N-dealkylation sites (tertiary alicyclic amines) is 1. The number of nitrogens with zero attached hydrogens (tertiary/aromatic N) is 1. The molecule has 1 fully saturated rings. The van der Waals surface area contributed by atoms with Gasteiger partial charge in [-0.25, -0.2) is 4.79 Å². The van der Waals surface area contributed by atoms with Crippen molar-refractivity contribution in [3.8, 4) is 0 Å². The smallest absolute Gasteiger partial charge is 0.326 e. The standard InChI is InChI=1S/C19H22N2O3/c1-11-7-8-15-14(10-11)12-4-2-5-13(17(12)20-15)18(22)21-9-3-6-16(21)19(23)24/h2,4-5,11,16,20H,3,6-10H2,1H3,(H,23,24). The molecule has 2 heterocycles. The fraction of sp³-hybridized carbons (Fsp3) is 0.474. The van der Waals surface area contributed by atoms with E-state index in [0.29, 0.717) is 24.4 Å². The molecule has 126 valence electrons. The summed E-state index contributed by atoms with van der Waals surface area (Å²) in [5.74, 6) is -0.421. The van der Waals surface area contributed by atoms with Gasteiger partial charge in [0.05, 0.1) is 11.1 Å². The number of nitrogens with one attached hydrogen (secondary N) is 1. The first kappa shape index (κ1) is 15.2. The van der Waals surface area contributed by atoms with Crippen LogP contribution in [0, 0.1) is 5.92 Å². The topological polar surface area (TPSA) is 73.4 Å². The van der Waals surface area contributed by atoms with E-state index >= 15 is 0 Å². The monoisotopic (exact) mass is 326 g/mol. The molecule has 1 aromatic heterocycles. The fourth-order valence-electron chi connectivity index (χ4n) is 4.21. The Morgan fingerprint density at radius 2 is 2.12 bits per heavy atom. The van der Waals surface area contributed by atoms with Crippen molar-refractivity contribution >= 4 is 22.8 Å². The lowest BCUT2D eigenvalue weighted by atomic mass is 9.87. The molecule has 1 saturated heterocycles. The number of carboxylic acids is 1. The van der Waals surface area contributed by atoms with Crippen LogP contribution in [-0.4, -0.2) is 39.5 Å². The molecule has 0 radical (unpaired) electrons. The molecule has 2 aromatic rings. The highest BCUT2D eigenvalue weighted by molar-refractivity contribution is 6.07. The van der Waals surface area contributed by atoms with Gasteiger partial charge in [0.2, 0.25) is 0 Å². The number of para-hydroxylation sites is 1. The molecule has 24 heavy (non-hydrogen) atoms. The average molecular weight is 326 g/mol. The lowest BCUT2D eigenvalue weighted by Crippen LogP contribution is -2.40. The Balaban J connectivity index is 1.77. The summed E-state index contributed by atoms with van der Waals surface area (Å²) in [7, 11) is 0. The Hall–Kier alpha value is -2.30. The SMILES string of the molecule is CC1CCc2[nH]c3c(C(=O)N4CCCC4C(=O)O)cccc3c2C1. The van der Waals surface area contributed by atoms with E-state index in [1.807, 2.05) is 12.1 Å². The summed E-state index contributed by atoms with van der Waals surface area (Å²) < 4.78 is 0. The van der Waals surface area contributed by atoms with Gasteiger partial charge >= 0.3 is 5.97 Å². The highest BCUT2D eigenvalue weighted by Crippen LogP contribution is 2.34. The molecule has 2 unspecified atom stereocenters. The Bertz CT molecular complexity index is 823. The Labute approximate surface area is 140 Å². The lowest BCUT2D eigenvalue weighted by molar-refractivity contribution is -0.141. The van der Waals surface area contributed by atoms with E-state index in [9.17, 15) is 14.7 Å². The van der Waals surface area contributed by atoms with Crippen LogP contribution in [0.15, 0.2) is 18.2 Å². The number of aryl methyl sites for hydroxylation is 1. The Morgan fingerprint density at radius 1 is 1.29 bits per heavy atom. The number of carbonyl (C=O) groups is 2. The van der Waals surface area contributed by atoms with Gasteiger partial charge in [0.1, 0.15) is 6.04 Å².